The molecule has 0 unspecified atom stereocenters. The lowest BCUT2D eigenvalue weighted by Gasteiger charge is -2.29. The van der Waals surface area contributed by atoms with Crippen LogP contribution in [0.5, 0.6) is 0 Å². The number of anilines is 1. The standard InChI is InChI=1S/C14H13ClFNO4/c1-7-4-10(16)11(5-9(7)15)17-6-8-12(18)20-14(2,3)21-13(8)19/h4-6,17H,1-3H3. The lowest BCUT2D eigenvalue weighted by molar-refractivity contribution is -0.222. The van der Waals surface area contributed by atoms with Gasteiger partial charge in [-0.2, -0.15) is 0 Å². The van der Waals surface area contributed by atoms with Crippen molar-refractivity contribution in [3.05, 3.63) is 40.3 Å². The summed E-state index contributed by atoms with van der Waals surface area (Å²) in [5.41, 5.74) is 0.250. The molecule has 1 saturated heterocycles. The van der Waals surface area contributed by atoms with Crippen LogP contribution in [-0.2, 0) is 19.1 Å². The Bertz CT molecular complexity index is 633. The normalized spacial score (nSPS) is 17.1. The van der Waals surface area contributed by atoms with Crippen LogP contribution in [0, 0.1) is 12.7 Å². The van der Waals surface area contributed by atoms with Crippen LogP contribution in [0.25, 0.3) is 0 Å². The van der Waals surface area contributed by atoms with E-state index in [1.54, 1.807) is 6.92 Å². The Labute approximate surface area is 125 Å². The minimum Gasteiger partial charge on any atom is -0.419 e. The van der Waals surface area contributed by atoms with Crippen molar-refractivity contribution in [2.24, 2.45) is 0 Å². The van der Waals surface area contributed by atoms with E-state index in [0.717, 1.165) is 6.20 Å². The molecule has 1 fully saturated rings. The van der Waals surface area contributed by atoms with Crippen LogP contribution < -0.4 is 5.32 Å². The maximum Gasteiger partial charge on any atom is 0.350 e. The van der Waals surface area contributed by atoms with Gasteiger partial charge in [0, 0.05) is 25.1 Å². The first-order valence-electron chi connectivity index (χ1n) is 6.08. The SMILES string of the molecule is Cc1cc(F)c(NC=C2C(=O)OC(C)(C)OC2=O)cc1Cl. The van der Waals surface area contributed by atoms with Crippen molar-refractivity contribution in [1.82, 2.24) is 0 Å². The van der Waals surface area contributed by atoms with E-state index in [9.17, 15) is 14.0 Å². The fourth-order valence-electron chi connectivity index (χ4n) is 1.69. The first-order valence-corrected chi connectivity index (χ1v) is 6.46. The monoisotopic (exact) mass is 313 g/mol. The van der Waals surface area contributed by atoms with E-state index < -0.39 is 23.5 Å². The first kappa shape index (κ1) is 15.3. The highest BCUT2D eigenvalue weighted by Gasteiger charge is 2.38. The summed E-state index contributed by atoms with van der Waals surface area (Å²) in [5, 5.41) is 2.87. The molecule has 0 radical (unpaired) electrons. The number of carbonyl (C=O) groups is 2. The van der Waals surface area contributed by atoms with E-state index in [0.29, 0.717) is 10.6 Å². The summed E-state index contributed by atoms with van der Waals surface area (Å²) in [6.07, 6.45) is 1.03. The summed E-state index contributed by atoms with van der Waals surface area (Å²) in [5.74, 6) is -3.57. The molecule has 0 spiro atoms. The van der Waals surface area contributed by atoms with Gasteiger partial charge in [0.15, 0.2) is 5.57 Å². The molecule has 1 aromatic rings. The molecule has 7 heteroatoms. The van der Waals surface area contributed by atoms with Gasteiger partial charge < -0.3 is 14.8 Å². The van der Waals surface area contributed by atoms with Crippen molar-refractivity contribution in [2.75, 3.05) is 5.32 Å². The van der Waals surface area contributed by atoms with E-state index in [1.807, 2.05) is 0 Å². The fourth-order valence-corrected chi connectivity index (χ4v) is 1.85. The highest BCUT2D eigenvalue weighted by atomic mass is 35.5. The van der Waals surface area contributed by atoms with Gasteiger partial charge in [-0.05, 0) is 24.6 Å². The molecule has 112 valence electrons. The molecule has 1 heterocycles. The van der Waals surface area contributed by atoms with E-state index in [-0.39, 0.29) is 11.3 Å². The molecule has 1 N–H and O–H groups in total. The molecular weight excluding hydrogens is 301 g/mol. The maximum atomic E-state index is 13.7. The van der Waals surface area contributed by atoms with Crippen LogP contribution in [0.4, 0.5) is 10.1 Å². The third kappa shape index (κ3) is 3.33. The number of carbonyl (C=O) groups excluding carboxylic acids is 2. The van der Waals surface area contributed by atoms with Crippen LogP contribution in [0.1, 0.15) is 19.4 Å². The first-order chi connectivity index (χ1) is 9.69. The Hall–Kier alpha value is -2.08. The molecule has 0 aliphatic carbocycles. The molecular formula is C14H13ClFNO4. The zero-order chi connectivity index (χ0) is 15.8. The predicted molar refractivity (Wildman–Crippen MR) is 74.1 cm³/mol. The molecule has 21 heavy (non-hydrogen) atoms. The van der Waals surface area contributed by atoms with E-state index in [1.165, 1.54) is 26.0 Å². The molecule has 1 aromatic carbocycles. The number of halogens is 2. The number of nitrogens with one attached hydrogen (secondary N) is 1. The Morgan fingerprint density at radius 2 is 1.81 bits per heavy atom. The van der Waals surface area contributed by atoms with Crippen molar-refractivity contribution in [3.63, 3.8) is 0 Å². The van der Waals surface area contributed by atoms with Crippen LogP contribution in [-0.4, -0.2) is 17.7 Å². The second kappa shape index (κ2) is 5.37. The lowest BCUT2D eigenvalue weighted by Crippen LogP contribution is -2.42. The van der Waals surface area contributed by atoms with Gasteiger partial charge in [-0.1, -0.05) is 11.6 Å². The number of cyclic esters (lactones) is 2. The molecule has 0 aromatic heterocycles. The quantitative estimate of drug-likeness (QED) is 0.516. The van der Waals surface area contributed by atoms with E-state index >= 15 is 0 Å². The number of ether oxygens (including phenoxy) is 2. The molecule has 0 amide bonds. The Kier molecular flexibility index (Phi) is 3.91. The minimum absolute atomic E-state index is 0.0310. The molecule has 0 saturated carbocycles. The molecule has 0 atom stereocenters. The second-order valence-corrected chi connectivity index (χ2v) is 5.37. The van der Waals surface area contributed by atoms with Gasteiger partial charge in [0.2, 0.25) is 0 Å². The smallest absolute Gasteiger partial charge is 0.350 e. The summed E-state index contributed by atoms with van der Waals surface area (Å²) in [6, 6.07) is 2.59. The van der Waals surface area contributed by atoms with E-state index in [2.05, 4.69) is 5.32 Å². The van der Waals surface area contributed by atoms with Gasteiger partial charge in [0.05, 0.1) is 5.69 Å². The fraction of sp³-hybridized carbons (Fsp3) is 0.286. The largest absolute Gasteiger partial charge is 0.419 e. The topological polar surface area (TPSA) is 64.6 Å². The van der Waals surface area contributed by atoms with E-state index in [4.69, 9.17) is 21.1 Å². The summed E-state index contributed by atoms with van der Waals surface area (Å²) in [7, 11) is 0. The van der Waals surface area contributed by atoms with Gasteiger partial charge in [0.1, 0.15) is 5.82 Å². The zero-order valence-electron chi connectivity index (χ0n) is 11.6. The number of hydrogen-bond donors (Lipinski definition) is 1. The average Bonchev–Trinajstić information content (AvgIpc) is 2.32. The van der Waals surface area contributed by atoms with Crippen molar-refractivity contribution in [2.45, 2.75) is 26.6 Å². The number of esters is 2. The Morgan fingerprint density at radius 3 is 2.38 bits per heavy atom. The lowest BCUT2D eigenvalue weighted by atomic mass is 10.2. The van der Waals surface area contributed by atoms with Gasteiger partial charge >= 0.3 is 11.9 Å². The predicted octanol–water partition coefficient (Wildman–Crippen LogP) is 2.92. The molecule has 2 rings (SSSR count). The van der Waals surface area contributed by atoms with Crippen molar-refractivity contribution in [1.29, 1.82) is 0 Å². The van der Waals surface area contributed by atoms with Gasteiger partial charge in [-0.25, -0.2) is 14.0 Å². The summed E-state index contributed by atoms with van der Waals surface area (Å²) in [4.78, 5) is 23.4. The van der Waals surface area contributed by atoms with Crippen molar-refractivity contribution in [3.8, 4) is 0 Å². The molecule has 1 aliphatic heterocycles. The van der Waals surface area contributed by atoms with Crippen molar-refractivity contribution >= 4 is 29.2 Å². The van der Waals surface area contributed by atoms with Crippen molar-refractivity contribution < 1.29 is 23.5 Å². The zero-order valence-corrected chi connectivity index (χ0v) is 12.4. The maximum absolute atomic E-state index is 13.7. The average molecular weight is 314 g/mol. The molecule has 0 bridgehead atoms. The second-order valence-electron chi connectivity index (χ2n) is 4.96. The molecule has 5 nitrogen and oxygen atoms in total. The summed E-state index contributed by atoms with van der Waals surface area (Å²) < 4.78 is 23.5. The van der Waals surface area contributed by atoms with Crippen LogP contribution in [0.15, 0.2) is 23.9 Å². The van der Waals surface area contributed by atoms with Gasteiger partial charge in [0.25, 0.3) is 5.79 Å². The van der Waals surface area contributed by atoms with Gasteiger partial charge in [-0.15, -0.1) is 0 Å². The highest BCUT2D eigenvalue weighted by molar-refractivity contribution is 6.31. The third-order valence-electron chi connectivity index (χ3n) is 2.74. The van der Waals surface area contributed by atoms with Crippen LogP contribution >= 0.6 is 11.6 Å². The summed E-state index contributed by atoms with van der Waals surface area (Å²) in [6.45, 7) is 4.53. The number of aryl methyl sites for hydroxylation is 1. The Morgan fingerprint density at radius 1 is 1.24 bits per heavy atom. The third-order valence-corrected chi connectivity index (χ3v) is 3.14. The minimum atomic E-state index is -1.32. The van der Waals surface area contributed by atoms with Gasteiger partial charge in [-0.3, -0.25) is 0 Å². The van der Waals surface area contributed by atoms with Crippen LogP contribution in [0.3, 0.4) is 0 Å². The highest BCUT2D eigenvalue weighted by Crippen LogP contribution is 2.25. The number of rotatable bonds is 2. The summed E-state index contributed by atoms with van der Waals surface area (Å²) >= 11 is 5.89. The van der Waals surface area contributed by atoms with Crippen LogP contribution in [0.2, 0.25) is 5.02 Å². The molecule has 1 aliphatic rings. The number of hydrogen-bond acceptors (Lipinski definition) is 5. The Balaban J connectivity index is 2.24. The number of benzene rings is 1.